The van der Waals surface area contributed by atoms with Gasteiger partial charge in [-0.1, -0.05) is 32.4 Å². The fourth-order valence-corrected chi connectivity index (χ4v) is 7.77. The molecule has 0 aromatic carbocycles. The SMILES string of the molecule is CO[C@]1(C(=O)CO)CC[C@H]2[C@@H]3C[C@H](C)C4=CC(=O)C=C[C@]4(C)C3[C@@H](O)C[C@@]21C. The van der Waals surface area contributed by atoms with Crippen LogP contribution in [0.25, 0.3) is 0 Å². The van der Waals surface area contributed by atoms with Crippen LogP contribution in [0.1, 0.15) is 46.5 Å². The predicted octanol–water partition coefficient (Wildman–Crippen LogP) is 2.46. The number of methoxy groups -OCH3 is 1. The quantitative estimate of drug-likeness (QED) is 0.776. The minimum atomic E-state index is -1.03. The van der Waals surface area contributed by atoms with E-state index in [-0.39, 0.29) is 40.7 Å². The van der Waals surface area contributed by atoms with Crippen LogP contribution in [0.3, 0.4) is 0 Å². The van der Waals surface area contributed by atoms with Crippen molar-refractivity contribution in [2.45, 2.75) is 58.2 Å². The van der Waals surface area contributed by atoms with Crippen molar-refractivity contribution in [1.82, 2.24) is 0 Å². The number of carbonyl (C=O) groups excluding carboxylic acids is 2. The van der Waals surface area contributed by atoms with Gasteiger partial charge in [0, 0.05) is 23.9 Å². The van der Waals surface area contributed by atoms with Crippen molar-refractivity contribution < 1.29 is 24.5 Å². The molecule has 4 rings (SSSR count). The average molecular weight is 389 g/mol. The zero-order valence-electron chi connectivity index (χ0n) is 17.3. The lowest BCUT2D eigenvalue weighted by molar-refractivity contribution is -0.187. The molecule has 0 amide bonds. The lowest BCUT2D eigenvalue weighted by Crippen LogP contribution is -2.62. The van der Waals surface area contributed by atoms with Crippen molar-refractivity contribution in [2.75, 3.05) is 13.7 Å². The number of allylic oxidation sites excluding steroid dienone is 4. The summed E-state index contributed by atoms with van der Waals surface area (Å²) in [4.78, 5) is 24.8. The Morgan fingerprint density at radius 1 is 1.36 bits per heavy atom. The van der Waals surface area contributed by atoms with Crippen molar-refractivity contribution in [3.05, 3.63) is 23.8 Å². The highest BCUT2D eigenvalue weighted by Crippen LogP contribution is 2.68. The Kier molecular flexibility index (Phi) is 4.53. The van der Waals surface area contributed by atoms with Gasteiger partial charge in [0.15, 0.2) is 11.6 Å². The van der Waals surface area contributed by atoms with Gasteiger partial charge in [-0.05, 0) is 55.6 Å². The summed E-state index contributed by atoms with van der Waals surface area (Å²) in [6.45, 7) is 5.85. The highest BCUT2D eigenvalue weighted by atomic mass is 16.5. The molecule has 8 atom stereocenters. The number of Topliss-reactive ketones (excluding diaryl/α,β-unsaturated/α-hetero) is 1. The van der Waals surface area contributed by atoms with Crippen LogP contribution < -0.4 is 0 Å². The maximum absolute atomic E-state index is 12.8. The maximum Gasteiger partial charge on any atom is 0.190 e. The number of carbonyl (C=O) groups is 2. The Balaban J connectivity index is 1.79. The van der Waals surface area contributed by atoms with Crippen molar-refractivity contribution in [3.8, 4) is 0 Å². The topological polar surface area (TPSA) is 83.8 Å². The minimum Gasteiger partial charge on any atom is -0.393 e. The number of hydrogen-bond donors (Lipinski definition) is 2. The maximum atomic E-state index is 12.8. The molecule has 154 valence electrons. The monoisotopic (exact) mass is 388 g/mol. The Morgan fingerprint density at radius 2 is 2.07 bits per heavy atom. The molecule has 3 saturated carbocycles. The molecule has 2 N–H and O–H groups in total. The summed E-state index contributed by atoms with van der Waals surface area (Å²) in [5.41, 5.74) is -0.743. The molecular weight excluding hydrogens is 356 g/mol. The van der Waals surface area contributed by atoms with Crippen LogP contribution in [0.5, 0.6) is 0 Å². The van der Waals surface area contributed by atoms with Gasteiger partial charge in [-0.3, -0.25) is 9.59 Å². The van der Waals surface area contributed by atoms with Crippen LogP contribution in [0.4, 0.5) is 0 Å². The fourth-order valence-electron chi connectivity index (χ4n) is 7.77. The molecule has 0 bridgehead atoms. The number of rotatable bonds is 3. The van der Waals surface area contributed by atoms with E-state index in [0.717, 1.165) is 18.4 Å². The zero-order chi connectivity index (χ0) is 20.5. The molecule has 0 aromatic rings. The summed E-state index contributed by atoms with van der Waals surface area (Å²) in [6.07, 6.45) is 7.63. The number of hydrogen-bond acceptors (Lipinski definition) is 5. The molecule has 0 saturated heterocycles. The van der Waals surface area contributed by atoms with E-state index < -0.39 is 23.7 Å². The molecule has 1 unspecified atom stereocenters. The van der Waals surface area contributed by atoms with E-state index >= 15 is 0 Å². The Labute approximate surface area is 166 Å². The largest absolute Gasteiger partial charge is 0.393 e. The van der Waals surface area contributed by atoms with Gasteiger partial charge in [0.25, 0.3) is 0 Å². The summed E-state index contributed by atoms with van der Waals surface area (Å²) >= 11 is 0. The molecule has 0 spiro atoms. The number of fused-ring (bicyclic) bond motifs is 5. The van der Waals surface area contributed by atoms with Gasteiger partial charge < -0.3 is 14.9 Å². The van der Waals surface area contributed by atoms with Crippen molar-refractivity contribution in [2.24, 2.45) is 34.5 Å². The fraction of sp³-hybridized carbons (Fsp3) is 0.739. The molecule has 0 aromatic heterocycles. The summed E-state index contributed by atoms with van der Waals surface area (Å²) in [5.74, 6) is 0.510. The number of aliphatic hydroxyl groups excluding tert-OH is 2. The van der Waals surface area contributed by atoms with Crippen LogP contribution in [-0.2, 0) is 14.3 Å². The molecule has 4 aliphatic rings. The first kappa shape index (κ1) is 20.0. The second-order valence-corrected chi connectivity index (χ2v) is 9.89. The van der Waals surface area contributed by atoms with E-state index in [1.807, 2.05) is 6.08 Å². The van der Waals surface area contributed by atoms with Gasteiger partial charge in [0.2, 0.25) is 0 Å². The van der Waals surface area contributed by atoms with Crippen molar-refractivity contribution in [3.63, 3.8) is 0 Å². The molecule has 0 aliphatic heterocycles. The van der Waals surface area contributed by atoms with E-state index in [1.165, 1.54) is 0 Å². The first-order chi connectivity index (χ1) is 13.1. The molecule has 0 heterocycles. The molecule has 5 nitrogen and oxygen atoms in total. The number of aliphatic hydroxyl groups is 2. The summed E-state index contributed by atoms with van der Waals surface area (Å²) < 4.78 is 5.83. The first-order valence-electron chi connectivity index (χ1n) is 10.5. The lowest BCUT2D eigenvalue weighted by atomic mass is 9.44. The summed E-state index contributed by atoms with van der Waals surface area (Å²) in [7, 11) is 1.56. The van der Waals surface area contributed by atoms with Gasteiger partial charge in [-0.25, -0.2) is 0 Å². The second kappa shape index (κ2) is 6.35. The van der Waals surface area contributed by atoms with Crippen LogP contribution in [-0.4, -0.2) is 47.2 Å². The zero-order valence-corrected chi connectivity index (χ0v) is 17.3. The second-order valence-electron chi connectivity index (χ2n) is 9.89. The van der Waals surface area contributed by atoms with Gasteiger partial charge in [0.05, 0.1) is 6.10 Å². The molecule has 0 radical (unpaired) electrons. The van der Waals surface area contributed by atoms with E-state index in [9.17, 15) is 19.8 Å². The minimum absolute atomic E-state index is 0.0225. The lowest BCUT2D eigenvalue weighted by Gasteiger charge is -2.61. The normalized spacial score (nSPS) is 49.9. The van der Waals surface area contributed by atoms with E-state index in [4.69, 9.17) is 4.74 Å². The predicted molar refractivity (Wildman–Crippen MR) is 104 cm³/mol. The number of ether oxygens (including phenoxy) is 1. The molecule has 28 heavy (non-hydrogen) atoms. The van der Waals surface area contributed by atoms with E-state index in [2.05, 4.69) is 20.8 Å². The molecule has 5 heteroatoms. The van der Waals surface area contributed by atoms with Gasteiger partial charge in [-0.15, -0.1) is 0 Å². The standard InChI is InChI=1S/C23H32O5/c1-13-9-15-16-6-8-23(28-4,19(27)12-24)22(16,3)11-18(26)20(15)21(2)7-5-14(25)10-17(13)21/h5,7,10,13,15-16,18,20,24,26H,6,8-9,11-12H2,1-4H3/t13-,15-,16-,18-,20?,21-,22-,23-/m0/s1. The third kappa shape index (κ3) is 2.30. The van der Waals surface area contributed by atoms with E-state index in [1.54, 1.807) is 19.3 Å². The molecule has 3 fully saturated rings. The highest BCUT2D eigenvalue weighted by molar-refractivity contribution is 6.01. The van der Waals surface area contributed by atoms with Crippen molar-refractivity contribution in [1.29, 1.82) is 0 Å². The van der Waals surface area contributed by atoms with Gasteiger partial charge in [0.1, 0.15) is 12.2 Å². The van der Waals surface area contributed by atoms with Crippen LogP contribution >= 0.6 is 0 Å². The Hall–Kier alpha value is -1.30. The van der Waals surface area contributed by atoms with Gasteiger partial charge >= 0.3 is 0 Å². The Bertz CT molecular complexity index is 769. The third-order valence-corrected chi connectivity index (χ3v) is 8.88. The third-order valence-electron chi connectivity index (χ3n) is 8.88. The van der Waals surface area contributed by atoms with Crippen LogP contribution in [0, 0.1) is 34.5 Å². The number of ketones is 2. The Morgan fingerprint density at radius 3 is 2.71 bits per heavy atom. The van der Waals surface area contributed by atoms with Crippen LogP contribution in [0.2, 0.25) is 0 Å². The van der Waals surface area contributed by atoms with E-state index in [0.29, 0.717) is 12.8 Å². The highest BCUT2D eigenvalue weighted by Gasteiger charge is 2.69. The summed E-state index contributed by atoms with van der Waals surface area (Å²) in [5, 5.41) is 21.0. The van der Waals surface area contributed by atoms with Crippen molar-refractivity contribution >= 4 is 11.6 Å². The summed E-state index contributed by atoms with van der Waals surface area (Å²) in [6, 6.07) is 0. The average Bonchev–Trinajstić information content (AvgIpc) is 2.95. The smallest absolute Gasteiger partial charge is 0.190 e. The van der Waals surface area contributed by atoms with Crippen LogP contribution in [0.15, 0.2) is 23.8 Å². The molecular formula is C23H32O5. The molecule has 4 aliphatic carbocycles. The first-order valence-corrected chi connectivity index (χ1v) is 10.5. The van der Waals surface area contributed by atoms with Gasteiger partial charge in [-0.2, -0.15) is 0 Å².